The zero-order chi connectivity index (χ0) is 16.0. The molecular weight excluding hydrogens is 342 g/mol. The molecule has 1 amide bonds. The molecule has 0 aliphatic heterocycles. The number of benzene rings is 1. The largest absolute Gasteiger partial charge is 0.356 e. The van der Waals surface area contributed by atoms with Crippen LogP contribution in [0.5, 0.6) is 0 Å². The van der Waals surface area contributed by atoms with Crippen LogP contribution >= 0.6 is 22.9 Å². The first-order chi connectivity index (χ1) is 10.5. The second-order valence-electron chi connectivity index (χ2n) is 4.70. The molecule has 118 valence electrons. The summed E-state index contributed by atoms with van der Waals surface area (Å²) in [6.07, 6.45) is 0.711. The van der Waals surface area contributed by atoms with Gasteiger partial charge in [0.2, 0.25) is 5.91 Å². The van der Waals surface area contributed by atoms with Gasteiger partial charge in [-0.25, -0.2) is 8.42 Å². The molecule has 2 rings (SSSR count). The predicted octanol–water partition coefficient (Wildman–Crippen LogP) is 2.92. The summed E-state index contributed by atoms with van der Waals surface area (Å²) < 4.78 is 24.2. The topological polar surface area (TPSA) is 63.2 Å². The van der Waals surface area contributed by atoms with Gasteiger partial charge in [0.25, 0.3) is 0 Å². The van der Waals surface area contributed by atoms with Gasteiger partial charge in [0, 0.05) is 22.9 Å². The van der Waals surface area contributed by atoms with E-state index in [1.807, 2.05) is 17.5 Å². The molecule has 0 unspecified atom stereocenters. The monoisotopic (exact) mass is 357 g/mol. The van der Waals surface area contributed by atoms with E-state index in [9.17, 15) is 13.2 Å². The summed E-state index contributed by atoms with van der Waals surface area (Å²) in [7, 11) is -3.46. The third-order valence-corrected chi connectivity index (χ3v) is 5.96. The Bertz CT molecular complexity index is 710. The van der Waals surface area contributed by atoms with E-state index in [1.54, 1.807) is 11.3 Å². The van der Waals surface area contributed by atoms with Gasteiger partial charge in [0.15, 0.2) is 9.84 Å². The van der Waals surface area contributed by atoms with Crippen LogP contribution in [0.1, 0.15) is 11.3 Å². The molecule has 0 aliphatic carbocycles. The van der Waals surface area contributed by atoms with Crippen LogP contribution in [-0.2, 0) is 21.1 Å². The van der Waals surface area contributed by atoms with Crippen molar-refractivity contribution in [2.75, 3.05) is 12.3 Å². The number of amides is 1. The average molecular weight is 358 g/mol. The van der Waals surface area contributed by atoms with Crippen LogP contribution in [0, 0.1) is 0 Å². The Morgan fingerprint density at radius 3 is 2.55 bits per heavy atom. The smallest absolute Gasteiger partial charge is 0.221 e. The minimum atomic E-state index is -3.46. The number of hydrogen-bond donors (Lipinski definition) is 1. The fourth-order valence-electron chi connectivity index (χ4n) is 1.86. The normalized spacial score (nSPS) is 11.3. The Hall–Kier alpha value is -1.37. The Labute approximate surface area is 139 Å². The van der Waals surface area contributed by atoms with Crippen molar-refractivity contribution in [1.29, 1.82) is 0 Å². The Balaban J connectivity index is 1.78. The molecule has 0 radical (unpaired) electrons. The molecule has 0 saturated heterocycles. The Morgan fingerprint density at radius 2 is 1.91 bits per heavy atom. The molecular formula is C15H16ClNO3S2. The van der Waals surface area contributed by atoms with Gasteiger partial charge in [-0.1, -0.05) is 17.7 Å². The number of carbonyl (C=O) groups excluding carboxylic acids is 1. The van der Waals surface area contributed by atoms with Crippen LogP contribution < -0.4 is 5.32 Å². The SMILES string of the molecule is O=C(CCS(=O)(=O)c1ccc(Cl)cc1)NCCc1cccs1. The van der Waals surface area contributed by atoms with Crippen molar-refractivity contribution in [1.82, 2.24) is 5.32 Å². The van der Waals surface area contributed by atoms with Crippen LogP contribution in [0.2, 0.25) is 5.02 Å². The zero-order valence-electron chi connectivity index (χ0n) is 11.8. The minimum Gasteiger partial charge on any atom is -0.356 e. The van der Waals surface area contributed by atoms with Gasteiger partial charge < -0.3 is 5.32 Å². The number of rotatable bonds is 7. The maximum absolute atomic E-state index is 12.1. The number of sulfone groups is 1. The van der Waals surface area contributed by atoms with Gasteiger partial charge in [-0.05, 0) is 42.1 Å². The number of carbonyl (C=O) groups is 1. The van der Waals surface area contributed by atoms with E-state index in [0.29, 0.717) is 11.6 Å². The standard InChI is InChI=1S/C15H16ClNO3S2/c16-12-3-5-14(6-4-12)22(19,20)11-8-15(18)17-9-7-13-2-1-10-21-13/h1-6,10H,7-9,11H2,(H,17,18). The molecule has 0 atom stereocenters. The van der Waals surface area contributed by atoms with E-state index in [0.717, 1.165) is 6.42 Å². The molecule has 0 fully saturated rings. The van der Waals surface area contributed by atoms with E-state index in [4.69, 9.17) is 11.6 Å². The van der Waals surface area contributed by atoms with E-state index >= 15 is 0 Å². The third kappa shape index (κ3) is 5.12. The van der Waals surface area contributed by atoms with Crippen molar-refractivity contribution in [3.63, 3.8) is 0 Å². The molecule has 0 spiro atoms. The maximum Gasteiger partial charge on any atom is 0.221 e. The molecule has 0 bridgehead atoms. The van der Waals surface area contributed by atoms with Crippen molar-refractivity contribution < 1.29 is 13.2 Å². The minimum absolute atomic E-state index is 0.0462. The van der Waals surface area contributed by atoms with E-state index in [-0.39, 0.29) is 23.0 Å². The Morgan fingerprint density at radius 1 is 1.18 bits per heavy atom. The number of halogens is 1. The number of hydrogen-bond acceptors (Lipinski definition) is 4. The fraction of sp³-hybridized carbons (Fsp3) is 0.267. The lowest BCUT2D eigenvalue weighted by Crippen LogP contribution is -2.27. The highest BCUT2D eigenvalue weighted by molar-refractivity contribution is 7.91. The van der Waals surface area contributed by atoms with Gasteiger partial charge in [-0.2, -0.15) is 0 Å². The van der Waals surface area contributed by atoms with E-state index in [2.05, 4.69) is 5.32 Å². The lowest BCUT2D eigenvalue weighted by molar-refractivity contribution is -0.120. The van der Waals surface area contributed by atoms with E-state index < -0.39 is 9.84 Å². The summed E-state index contributed by atoms with van der Waals surface area (Å²) in [4.78, 5) is 13.1. The quantitative estimate of drug-likeness (QED) is 0.828. The lowest BCUT2D eigenvalue weighted by Gasteiger charge is -2.06. The fourth-order valence-corrected chi connectivity index (χ4v) is 3.93. The van der Waals surface area contributed by atoms with Crippen molar-refractivity contribution in [3.8, 4) is 0 Å². The van der Waals surface area contributed by atoms with Gasteiger partial charge in [0.05, 0.1) is 10.6 Å². The summed E-state index contributed by atoms with van der Waals surface area (Å²) in [5, 5.41) is 5.20. The summed E-state index contributed by atoms with van der Waals surface area (Å²) in [6, 6.07) is 9.91. The van der Waals surface area contributed by atoms with Crippen LogP contribution in [-0.4, -0.2) is 26.6 Å². The Kier molecular flexibility index (Phi) is 5.99. The van der Waals surface area contributed by atoms with Crippen molar-refractivity contribution in [2.24, 2.45) is 0 Å². The summed E-state index contributed by atoms with van der Waals surface area (Å²) in [6.45, 7) is 0.514. The molecule has 4 nitrogen and oxygen atoms in total. The summed E-state index contributed by atoms with van der Waals surface area (Å²) >= 11 is 7.36. The van der Waals surface area contributed by atoms with Gasteiger partial charge in [-0.3, -0.25) is 4.79 Å². The predicted molar refractivity (Wildman–Crippen MR) is 89.2 cm³/mol. The average Bonchev–Trinajstić information content (AvgIpc) is 2.99. The first-order valence-electron chi connectivity index (χ1n) is 6.75. The van der Waals surface area contributed by atoms with Crippen molar-refractivity contribution >= 4 is 38.7 Å². The summed E-state index contributed by atoms with van der Waals surface area (Å²) in [5.74, 6) is -0.464. The van der Waals surface area contributed by atoms with Crippen LogP contribution in [0.4, 0.5) is 0 Å². The van der Waals surface area contributed by atoms with E-state index in [1.165, 1.54) is 29.1 Å². The highest BCUT2D eigenvalue weighted by atomic mass is 35.5. The highest BCUT2D eigenvalue weighted by Gasteiger charge is 2.16. The van der Waals surface area contributed by atoms with Crippen molar-refractivity contribution in [3.05, 3.63) is 51.7 Å². The molecule has 1 aromatic carbocycles. The third-order valence-electron chi connectivity index (χ3n) is 3.04. The lowest BCUT2D eigenvalue weighted by atomic mass is 10.3. The molecule has 2 aromatic rings. The molecule has 1 N–H and O–H groups in total. The van der Waals surface area contributed by atoms with Gasteiger partial charge in [0.1, 0.15) is 0 Å². The van der Waals surface area contributed by atoms with Gasteiger partial charge >= 0.3 is 0 Å². The highest BCUT2D eigenvalue weighted by Crippen LogP contribution is 2.16. The van der Waals surface area contributed by atoms with Crippen molar-refractivity contribution in [2.45, 2.75) is 17.7 Å². The van der Waals surface area contributed by atoms with Crippen LogP contribution in [0.15, 0.2) is 46.7 Å². The molecule has 1 aromatic heterocycles. The summed E-state index contributed by atoms with van der Waals surface area (Å²) in [5.41, 5.74) is 0. The molecule has 1 heterocycles. The number of thiophene rings is 1. The van der Waals surface area contributed by atoms with Crippen LogP contribution in [0.3, 0.4) is 0 Å². The molecule has 0 saturated carbocycles. The zero-order valence-corrected chi connectivity index (χ0v) is 14.2. The molecule has 7 heteroatoms. The first-order valence-corrected chi connectivity index (χ1v) is 9.66. The van der Waals surface area contributed by atoms with Crippen LogP contribution in [0.25, 0.3) is 0 Å². The number of nitrogens with one attached hydrogen (secondary N) is 1. The molecule has 22 heavy (non-hydrogen) atoms. The first kappa shape index (κ1) is 17.0. The maximum atomic E-state index is 12.1. The second-order valence-corrected chi connectivity index (χ2v) is 8.28. The second kappa shape index (κ2) is 7.76. The molecule has 0 aliphatic rings. The van der Waals surface area contributed by atoms with Gasteiger partial charge in [-0.15, -0.1) is 11.3 Å².